The molecule has 2 heteroatoms. The molecule has 0 N–H and O–H groups in total. The lowest BCUT2D eigenvalue weighted by Gasteiger charge is -2.30. The van der Waals surface area contributed by atoms with Crippen molar-refractivity contribution in [2.24, 2.45) is 0 Å². The predicted molar refractivity (Wildman–Crippen MR) is 67.1 cm³/mol. The van der Waals surface area contributed by atoms with Crippen LogP contribution in [0.15, 0.2) is 18.2 Å². The number of hydrogen-bond donors (Lipinski definition) is 0. The molecule has 1 aromatic rings. The van der Waals surface area contributed by atoms with Gasteiger partial charge in [-0.2, -0.15) is 0 Å². The van der Waals surface area contributed by atoms with Crippen molar-refractivity contribution in [3.63, 3.8) is 0 Å². The summed E-state index contributed by atoms with van der Waals surface area (Å²) in [7, 11) is 4.33. The zero-order valence-electron chi connectivity index (χ0n) is 10.5. The van der Waals surface area contributed by atoms with Gasteiger partial charge in [-0.25, -0.2) is 0 Å². The zero-order chi connectivity index (χ0) is 11.5. The minimum atomic E-state index is 0.661. The van der Waals surface area contributed by atoms with E-state index < -0.39 is 0 Å². The molecule has 0 amide bonds. The molecule has 2 nitrogen and oxygen atoms in total. The van der Waals surface area contributed by atoms with Crippen LogP contribution in [0.25, 0.3) is 0 Å². The highest BCUT2D eigenvalue weighted by Gasteiger charge is 2.22. The Morgan fingerprint density at radius 3 is 2.88 bits per heavy atom. The third kappa shape index (κ3) is 2.22. The number of nitrogens with zero attached hydrogens (tertiary/aromatic N) is 1. The Morgan fingerprint density at radius 2 is 2.19 bits per heavy atom. The average molecular weight is 219 g/mol. The van der Waals surface area contributed by atoms with Crippen molar-refractivity contribution in [2.45, 2.75) is 32.2 Å². The summed E-state index contributed by atoms with van der Waals surface area (Å²) in [5, 5.41) is 0. The van der Waals surface area contributed by atoms with Gasteiger partial charge in [0.2, 0.25) is 0 Å². The third-order valence-electron chi connectivity index (χ3n) is 3.45. The summed E-state index contributed by atoms with van der Waals surface area (Å²) in [4.78, 5) is 2.33. The van der Waals surface area contributed by atoms with E-state index in [4.69, 9.17) is 4.74 Å². The molecule has 0 aromatic heterocycles. The molecule has 0 aliphatic heterocycles. The van der Waals surface area contributed by atoms with Crippen LogP contribution in [-0.4, -0.2) is 31.6 Å². The molecule has 1 atom stereocenters. The van der Waals surface area contributed by atoms with Crippen LogP contribution in [-0.2, 0) is 12.8 Å². The fraction of sp³-hybridized carbons (Fsp3) is 0.571. The van der Waals surface area contributed by atoms with Crippen molar-refractivity contribution in [1.29, 1.82) is 0 Å². The van der Waals surface area contributed by atoms with Gasteiger partial charge in [0.1, 0.15) is 5.75 Å². The topological polar surface area (TPSA) is 12.5 Å². The highest BCUT2D eigenvalue weighted by molar-refractivity contribution is 5.42. The molecule has 0 spiro atoms. The van der Waals surface area contributed by atoms with Crippen LogP contribution >= 0.6 is 0 Å². The molecule has 0 saturated heterocycles. The number of hydrogen-bond acceptors (Lipinski definition) is 2. The third-order valence-corrected chi connectivity index (χ3v) is 3.45. The number of benzene rings is 1. The van der Waals surface area contributed by atoms with Gasteiger partial charge in [0.05, 0.1) is 6.61 Å². The minimum absolute atomic E-state index is 0.661. The van der Waals surface area contributed by atoms with Crippen LogP contribution in [0.1, 0.15) is 24.5 Å². The molecule has 0 saturated carbocycles. The van der Waals surface area contributed by atoms with Gasteiger partial charge in [0.15, 0.2) is 0 Å². The van der Waals surface area contributed by atoms with Crippen molar-refractivity contribution in [1.82, 2.24) is 4.90 Å². The van der Waals surface area contributed by atoms with Crippen molar-refractivity contribution in [3.05, 3.63) is 29.3 Å². The molecule has 0 bridgehead atoms. The van der Waals surface area contributed by atoms with Gasteiger partial charge in [-0.15, -0.1) is 0 Å². The second-order valence-corrected chi connectivity index (χ2v) is 4.69. The van der Waals surface area contributed by atoms with Gasteiger partial charge in [0.25, 0.3) is 0 Å². The molecule has 1 aliphatic rings. The van der Waals surface area contributed by atoms with Gasteiger partial charge in [-0.3, -0.25) is 0 Å². The van der Waals surface area contributed by atoms with Crippen LogP contribution in [0.3, 0.4) is 0 Å². The van der Waals surface area contributed by atoms with Crippen molar-refractivity contribution >= 4 is 0 Å². The maximum atomic E-state index is 5.71. The molecule has 0 heterocycles. The molecule has 2 rings (SSSR count). The second-order valence-electron chi connectivity index (χ2n) is 4.69. The van der Waals surface area contributed by atoms with E-state index >= 15 is 0 Å². The summed E-state index contributed by atoms with van der Waals surface area (Å²) in [5.74, 6) is 1.09. The highest BCUT2D eigenvalue weighted by Crippen LogP contribution is 2.30. The molecule has 16 heavy (non-hydrogen) atoms. The Hall–Kier alpha value is -1.02. The lowest BCUT2D eigenvalue weighted by molar-refractivity contribution is 0.261. The van der Waals surface area contributed by atoms with Crippen LogP contribution in [0.5, 0.6) is 5.75 Å². The smallest absolute Gasteiger partial charge is 0.122 e. The largest absolute Gasteiger partial charge is 0.494 e. The quantitative estimate of drug-likeness (QED) is 0.774. The molecule has 0 fully saturated rings. The number of aryl methyl sites for hydroxylation is 1. The molecular formula is C14H21NO. The van der Waals surface area contributed by atoms with Crippen LogP contribution in [0, 0.1) is 0 Å². The van der Waals surface area contributed by atoms with E-state index in [-0.39, 0.29) is 0 Å². The maximum absolute atomic E-state index is 5.71. The van der Waals surface area contributed by atoms with Gasteiger partial charge in [-0.1, -0.05) is 12.1 Å². The van der Waals surface area contributed by atoms with E-state index in [2.05, 4.69) is 37.2 Å². The lowest BCUT2D eigenvalue weighted by atomic mass is 9.87. The number of likely N-dealkylation sites (N-methyl/N-ethyl adjacent to an activating group) is 1. The first-order chi connectivity index (χ1) is 7.72. The van der Waals surface area contributed by atoms with E-state index in [9.17, 15) is 0 Å². The van der Waals surface area contributed by atoms with Crippen LogP contribution < -0.4 is 4.74 Å². The Labute approximate surface area is 98.2 Å². The Balaban J connectivity index is 2.26. The van der Waals surface area contributed by atoms with Gasteiger partial charge in [-0.05, 0) is 57.5 Å². The Bertz CT molecular complexity index is 360. The van der Waals surface area contributed by atoms with Gasteiger partial charge in [0, 0.05) is 6.04 Å². The Kier molecular flexibility index (Phi) is 3.49. The summed E-state index contributed by atoms with van der Waals surface area (Å²) in [6.45, 7) is 2.80. The monoisotopic (exact) mass is 219 g/mol. The SMILES string of the molecule is CCOc1cccc2c1CC(N(C)C)CC2. The average Bonchev–Trinajstić information content (AvgIpc) is 2.29. The fourth-order valence-corrected chi connectivity index (χ4v) is 2.47. The number of ether oxygens (including phenoxy) is 1. The summed E-state index contributed by atoms with van der Waals surface area (Å²) in [6.07, 6.45) is 3.56. The first-order valence-corrected chi connectivity index (χ1v) is 6.12. The van der Waals surface area contributed by atoms with Crippen molar-refractivity contribution in [3.8, 4) is 5.75 Å². The van der Waals surface area contributed by atoms with E-state index in [0.29, 0.717) is 6.04 Å². The Morgan fingerprint density at radius 1 is 1.38 bits per heavy atom. The zero-order valence-corrected chi connectivity index (χ0v) is 10.5. The summed E-state index contributed by atoms with van der Waals surface area (Å²) in [6, 6.07) is 7.11. The normalized spacial score (nSPS) is 19.6. The summed E-state index contributed by atoms with van der Waals surface area (Å²) in [5.41, 5.74) is 2.90. The summed E-state index contributed by atoms with van der Waals surface area (Å²) < 4.78 is 5.71. The second kappa shape index (κ2) is 4.88. The highest BCUT2D eigenvalue weighted by atomic mass is 16.5. The minimum Gasteiger partial charge on any atom is -0.494 e. The van der Waals surface area contributed by atoms with E-state index in [1.54, 1.807) is 0 Å². The first-order valence-electron chi connectivity index (χ1n) is 6.12. The van der Waals surface area contributed by atoms with E-state index in [0.717, 1.165) is 18.8 Å². The van der Waals surface area contributed by atoms with E-state index in [1.165, 1.54) is 24.0 Å². The van der Waals surface area contributed by atoms with Gasteiger partial charge >= 0.3 is 0 Å². The van der Waals surface area contributed by atoms with Crippen LogP contribution in [0.4, 0.5) is 0 Å². The number of fused-ring (bicyclic) bond motifs is 1. The molecule has 1 aliphatic carbocycles. The molecule has 1 unspecified atom stereocenters. The van der Waals surface area contributed by atoms with Crippen LogP contribution in [0.2, 0.25) is 0 Å². The van der Waals surface area contributed by atoms with Crippen molar-refractivity contribution < 1.29 is 4.74 Å². The molecular weight excluding hydrogens is 198 g/mol. The fourth-order valence-electron chi connectivity index (χ4n) is 2.47. The molecule has 0 radical (unpaired) electrons. The standard InChI is InChI=1S/C14H21NO/c1-4-16-14-7-5-6-11-8-9-12(15(2)3)10-13(11)14/h5-7,12H,4,8-10H2,1-3H3. The predicted octanol–water partition coefficient (Wildman–Crippen LogP) is 2.50. The van der Waals surface area contributed by atoms with E-state index in [1.807, 2.05) is 6.92 Å². The maximum Gasteiger partial charge on any atom is 0.122 e. The lowest BCUT2D eigenvalue weighted by Crippen LogP contribution is -2.33. The summed E-state index contributed by atoms with van der Waals surface area (Å²) >= 11 is 0. The first kappa shape index (κ1) is 11.5. The van der Waals surface area contributed by atoms with Crippen molar-refractivity contribution in [2.75, 3.05) is 20.7 Å². The molecule has 1 aromatic carbocycles. The molecule has 88 valence electrons. The van der Waals surface area contributed by atoms with Gasteiger partial charge < -0.3 is 9.64 Å². The number of rotatable bonds is 3.